The first kappa shape index (κ1) is 16.7. The summed E-state index contributed by atoms with van der Waals surface area (Å²) in [6, 6.07) is 4.90. The Morgan fingerprint density at radius 3 is 2.73 bits per heavy atom. The van der Waals surface area contributed by atoms with Gasteiger partial charge in [0.25, 0.3) is 0 Å². The Bertz CT molecular complexity index is 727. The Balaban J connectivity index is 2.14. The Morgan fingerprint density at radius 1 is 1.32 bits per heavy atom. The molecule has 1 unspecified atom stereocenters. The van der Waals surface area contributed by atoms with Crippen molar-refractivity contribution in [2.45, 2.75) is 5.75 Å². The Morgan fingerprint density at radius 2 is 2.05 bits per heavy atom. The fraction of sp³-hybridized carbons (Fsp3) is 0.154. The van der Waals surface area contributed by atoms with E-state index in [2.05, 4.69) is 19.4 Å². The van der Waals surface area contributed by atoms with Gasteiger partial charge in [0.1, 0.15) is 11.0 Å². The van der Waals surface area contributed by atoms with Crippen molar-refractivity contribution in [2.75, 3.05) is 11.8 Å². The summed E-state index contributed by atoms with van der Waals surface area (Å²) in [5, 5.41) is 0.907. The molecular weight excluding hydrogens is 349 g/mol. The number of esters is 1. The van der Waals surface area contributed by atoms with Gasteiger partial charge < -0.3 is 4.74 Å². The van der Waals surface area contributed by atoms with Crippen LogP contribution in [0.25, 0.3) is 0 Å². The fourth-order valence-electron chi connectivity index (χ4n) is 1.58. The molecule has 0 bridgehead atoms. The number of nitrogens with one attached hydrogen (secondary N) is 1. The average molecular weight is 360 g/mol. The van der Waals surface area contributed by atoms with Crippen molar-refractivity contribution >= 4 is 46.0 Å². The number of anilines is 1. The minimum Gasteiger partial charge on any atom is -0.464 e. The van der Waals surface area contributed by atoms with Crippen LogP contribution in [0.5, 0.6) is 0 Å². The lowest BCUT2D eigenvalue weighted by Gasteiger charge is -2.09. The Hall–Kier alpha value is -1.70. The first-order valence-corrected chi connectivity index (χ1v) is 8.07. The molecule has 0 radical (unpaired) electrons. The molecule has 2 aromatic rings. The van der Waals surface area contributed by atoms with E-state index in [1.165, 1.54) is 19.5 Å². The predicted octanol–water partition coefficient (Wildman–Crippen LogP) is 2.85. The number of nitrogens with zero attached hydrogens (tertiary/aromatic N) is 2. The predicted molar refractivity (Wildman–Crippen MR) is 85.3 cm³/mol. The quantitative estimate of drug-likeness (QED) is 0.830. The highest BCUT2D eigenvalue weighted by Crippen LogP contribution is 2.22. The van der Waals surface area contributed by atoms with Gasteiger partial charge in [0, 0.05) is 22.4 Å². The van der Waals surface area contributed by atoms with E-state index in [1.54, 1.807) is 18.2 Å². The molecule has 0 saturated heterocycles. The molecule has 1 atom stereocenters. The molecule has 1 N–H and O–H groups in total. The van der Waals surface area contributed by atoms with E-state index in [0.717, 1.165) is 0 Å². The summed E-state index contributed by atoms with van der Waals surface area (Å²) in [5.41, 5.74) is 0.612. The zero-order valence-corrected chi connectivity index (χ0v) is 13.7. The van der Waals surface area contributed by atoms with Gasteiger partial charge >= 0.3 is 5.97 Å². The molecule has 22 heavy (non-hydrogen) atoms. The van der Waals surface area contributed by atoms with E-state index in [4.69, 9.17) is 23.2 Å². The smallest absolute Gasteiger partial charge is 0.360 e. The van der Waals surface area contributed by atoms with Crippen molar-refractivity contribution in [3.63, 3.8) is 0 Å². The monoisotopic (exact) mass is 359 g/mol. The summed E-state index contributed by atoms with van der Waals surface area (Å²) in [6.45, 7) is 0. The van der Waals surface area contributed by atoms with Gasteiger partial charge in [-0.05, 0) is 17.7 Å². The van der Waals surface area contributed by atoms with Gasteiger partial charge in [-0.25, -0.2) is 19.0 Å². The third-order valence-electron chi connectivity index (χ3n) is 2.59. The van der Waals surface area contributed by atoms with Crippen LogP contribution in [0.2, 0.25) is 10.0 Å². The molecular formula is C13H11Cl2N3O3S. The van der Waals surface area contributed by atoms with E-state index in [-0.39, 0.29) is 17.3 Å². The van der Waals surface area contributed by atoms with E-state index >= 15 is 0 Å². The third kappa shape index (κ3) is 4.16. The van der Waals surface area contributed by atoms with Gasteiger partial charge in [-0.15, -0.1) is 0 Å². The molecule has 0 saturated carbocycles. The summed E-state index contributed by atoms with van der Waals surface area (Å²) < 4.78 is 19.4. The molecule has 1 aromatic carbocycles. The second-order valence-corrected chi connectivity index (χ2v) is 6.10. The van der Waals surface area contributed by atoms with E-state index in [1.807, 2.05) is 0 Å². The number of hydrogen-bond acceptors (Lipinski definition) is 5. The minimum atomic E-state index is -1.56. The molecule has 0 aliphatic rings. The number of carbonyl (C=O) groups excluding carboxylic acids is 1. The fourth-order valence-corrected chi connectivity index (χ4v) is 3.11. The SMILES string of the molecule is COC(=O)c1nccnc1NS(=O)Cc1ccc(Cl)cc1Cl. The van der Waals surface area contributed by atoms with Crippen molar-refractivity contribution in [1.29, 1.82) is 0 Å². The van der Waals surface area contributed by atoms with Crippen LogP contribution in [0.3, 0.4) is 0 Å². The van der Waals surface area contributed by atoms with E-state index in [0.29, 0.717) is 15.6 Å². The molecule has 0 amide bonds. The van der Waals surface area contributed by atoms with Crippen LogP contribution >= 0.6 is 23.2 Å². The van der Waals surface area contributed by atoms with Crippen LogP contribution in [0.15, 0.2) is 30.6 Å². The number of benzene rings is 1. The number of rotatable bonds is 5. The average Bonchev–Trinajstić information content (AvgIpc) is 2.50. The summed E-state index contributed by atoms with van der Waals surface area (Å²) >= 11 is 11.8. The molecule has 116 valence electrons. The van der Waals surface area contributed by atoms with Crippen LogP contribution in [0.4, 0.5) is 5.82 Å². The van der Waals surface area contributed by atoms with Crippen molar-refractivity contribution in [1.82, 2.24) is 9.97 Å². The lowest BCUT2D eigenvalue weighted by Crippen LogP contribution is -2.14. The molecule has 9 heteroatoms. The van der Waals surface area contributed by atoms with Crippen LogP contribution < -0.4 is 4.72 Å². The largest absolute Gasteiger partial charge is 0.464 e. The first-order chi connectivity index (χ1) is 10.5. The number of halogens is 2. The number of ether oxygens (including phenoxy) is 1. The number of aromatic nitrogens is 2. The zero-order chi connectivity index (χ0) is 16.1. The number of methoxy groups -OCH3 is 1. The van der Waals surface area contributed by atoms with Crippen LogP contribution in [0.1, 0.15) is 16.1 Å². The Kier molecular flexibility index (Phi) is 5.70. The molecule has 0 aliphatic heterocycles. The zero-order valence-electron chi connectivity index (χ0n) is 11.4. The van der Waals surface area contributed by atoms with Gasteiger partial charge in [-0.2, -0.15) is 0 Å². The number of carbonyl (C=O) groups is 1. The molecule has 1 aromatic heterocycles. The Labute approximate surface area is 139 Å². The van der Waals surface area contributed by atoms with Gasteiger partial charge in [0.15, 0.2) is 11.5 Å². The molecule has 0 fully saturated rings. The number of hydrogen-bond donors (Lipinski definition) is 1. The lowest BCUT2D eigenvalue weighted by molar-refractivity contribution is 0.0595. The highest BCUT2D eigenvalue weighted by atomic mass is 35.5. The van der Waals surface area contributed by atoms with Gasteiger partial charge in [0.05, 0.1) is 12.9 Å². The molecule has 1 heterocycles. The maximum Gasteiger partial charge on any atom is 0.360 e. The van der Waals surface area contributed by atoms with Crippen molar-refractivity contribution in [3.8, 4) is 0 Å². The second kappa shape index (κ2) is 7.53. The van der Waals surface area contributed by atoms with Crippen molar-refractivity contribution in [3.05, 3.63) is 51.9 Å². The van der Waals surface area contributed by atoms with Gasteiger partial charge in [-0.3, -0.25) is 4.72 Å². The maximum absolute atomic E-state index is 12.2. The molecule has 0 aliphatic carbocycles. The molecule has 2 rings (SSSR count). The summed E-state index contributed by atoms with van der Waals surface area (Å²) in [7, 11) is -0.328. The van der Waals surface area contributed by atoms with Crippen LogP contribution in [-0.4, -0.2) is 27.3 Å². The van der Waals surface area contributed by atoms with Crippen LogP contribution in [-0.2, 0) is 21.5 Å². The lowest BCUT2D eigenvalue weighted by atomic mass is 10.2. The summed E-state index contributed by atoms with van der Waals surface area (Å²) in [5.74, 6) is -0.470. The maximum atomic E-state index is 12.2. The minimum absolute atomic E-state index is 0.0412. The van der Waals surface area contributed by atoms with Crippen LogP contribution in [0, 0.1) is 0 Å². The highest BCUT2D eigenvalue weighted by Gasteiger charge is 2.16. The van der Waals surface area contributed by atoms with E-state index < -0.39 is 17.0 Å². The van der Waals surface area contributed by atoms with Gasteiger partial charge in [-0.1, -0.05) is 29.3 Å². The third-order valence-corrected chi connectivity index (χ3v) is 4.17. The second-order valence-electron chi connectivity index (χ2n) is 4.07. The topological polar surface area (TPSA) is 81.2 Å². The van der Waals surface area contributed by atoms with Gasteiger partial charge in [0.2, 0.25) is 0 Å². The van der Waals surface area contributed by atoms with Crippen molar-refractivity contribution < 1.29 is 13.7 Å². The molecule has 0 spiro atoms. The molecule has 6 nitrogen and oxygen atoms in total. The van der Waals surface area contributed by atoms with Crippen molar-refractivity contribution in [2.24, 2.45) is 0 Å². The van der Waals surface area contributed by atoms with E-state index in [9.17, 15) is 9.00 Å². The normalized spacial score (nSPS) is 11.8. The standard InChI is InChI=1S/C13H11Cl2N3O3S/c1-21-13(19)11-12(17-5-4-16-11)18-22(20)7-8-2-3-9(14)6-10(8)15/h2-6H,7H2,1H3,(H,17,18). The summed E-state index contributed by atoms with van der Waals surface area (Å²) in [6.07, 6.45) is 2.72. The highest BCUT2D eigenvalue weighted by molar-refractivity contribution is 7.85. The summed E-state index contributed by atoms with van der Waals surface area (Å²) in [4.78, 5) is 19.4. The first-order valence-electron chi connectivity index (χ1n) is 5.99.